The van der Waals surface area contributed by atoms with Gasteiger partial charge in [0.05, 0.1) is 13.2 Å². The molecule has 0 radical (unpaired) electrons. The van der Waals surface area contributed by atoms with Gasteiger partial charge in [-0.1, -0.05) is 81.9 Å². The molecule has 1 atom stereocenters. The van der Waals surface area contributed by atoms with Crippen molar-refractivity contribution in [2.24, 2.45) is 0 Å². The van der Waals surface area contributed by atoms with Gasteiger partial charge in [-0.2, -0.15) is 0 Å². The Morgan fingerprint density at radius 1 is 0.792 bits per heavy atom. The average molecular weight is 339 g/mol. The fourth-order valence-corrected chi connectivity index (χ4v) is 2.25. The Labute approximate surface area is 149 Å². The third kappa shape index (κ3) is 19.1. The molecule has 0 bridgehead atoms. The Morgan fingerprint density at radius 3 is 2.00 bits per heavy atom. The molecule has 0 saturated carbocycles. The molecule has 3 heteroatoms. The quantitative estimate of drug-likeness (QED) is 0.291. The summed E-state index contributed by atoms with van der Waals surface area (Å²) in [5.74, 6) is 0. The van der Waals surface area contributed by atoms with Gasteiger partial charge in [-0.05, 0) is 25.7 Å². The predicted octanol–water partition coefficient (Wildman–Crippen LogP) is 4.95. The van der Waals surface area contributed by atoms with Crippen molar-refractivity contribution in [2.75, 3.05) is 19.8 Å². The largest absolute Gasteiger partial charge is 0.394 e. The van der Waals surface area contributed by atoms with Gasteiger partial charge < -0.3 is 14.9 Å². The number of aliphatic hydroxyl groups is 2. The molecule has 0 aliphatic carbocycles. The molecule has 0 aromatic rings. The minimum atomic E-state index is -0.732. The van der Waals surface area contributed by atoms with Crippen LogP contribution in [0.3, 0.4) is 0 Å². The lowest BCUT2D eigenvalue weighted by atomic mass is 10.1. The van der Waals surface area contributed by atoms with Crippen LogP contribution in [0.2, 0.25) is 0 Å². The van der Waals surface area contributed by atoms with Crippen LogP contribution < -0.4 is 0 Å². The second-order valence-corrected chi connectivity index (χ2v) is 6.20. The van der Waals surface area contributed by atoms with E-state index in [0.29, 0.717) is 6.61 Å². The minimum Gasteiger partial charge on any atom is -0.394 e. The zero-order valence-electron chi connectivity index (χ0n) is 15.5. The monoisotopic (exact) mass is 338 g/mol. The molecule has 0 aromatic heterocycles. The van der Waals surface area contributed by atoms with Gasteiger partial charge >= 0.3 is 0 Å². The smallest absolute Gasteiger partial charge is 0.100 e. The van der Waals surface area contributed by atoms with E-state index in [4.69, 9.17) is 14.9 Å². The summed E-state index contributed by atoms with van der Waals surface area (Å²) in [6.07, 6.45) is 24.4. The highest BCUT2D eigenvalue weighted by atomic mass is 16.5. The van der Waals surface area contributed by atoms with Crippen LogP contribution in [0.4, 0.5) is 0 Å². The van der Waals surface area contributed by atoms with E-state index in [2.05, 4.69) is 43.4 Å². The van der Waals surface area contributed by atoms with Crippen LogP contribution in [0.15, 0.2) is 36.5 Å². The van der Waals surface area contributed by atoms with E-state index in [9.17, 15) is 0 Å². The average Bonchev–Trinajstić information content (AvgIpc) is 2.60. The van der Waals surface area contributed by atoms with Crippen LogP contribution >= 0.6 is 0 Å². The number of unbranched alkanes of at least 4 members (excludes halogenated alkanes) is 8. The molecule has 24 heavy (non-hydrogen) atoms. The van der Waals surface area contributed by atoms with Crippen LogP contribution in [0.25, 0.3) is 0 Å². The maximum absolute atomic E-state index is 9.10. The van der Waals surface area contributed by atoms with Crippen molar-refractivity contribution in [3.05, 3.63) is 36.5 Å². The molecule has 3 nitrogen and oxygen atoms in total. The first kappa shape index (κ1) is 23.1. The van der Waals surface area contributed by atoms with Gasteiger partial charge in [0.1, 0.15) is 6.10 Å². The van der Waals surface area contributed by atoms with E-state index < -0.39 is 6.10 Å². The van der Waals surface area contributed by atoms with Crippen molar-refractivity contribution in [3.63, 3.8) is 0 Å². The molecule has 0 heterocycles. The van der Waals surface area contributed by atoms with Crippen molar-refractivity contribution >= 4 is 0 Å². The standard InChI is InChI=1S/C21H38O3/c1-2-3-4-5-6-7-8-9-10-11-12-13-14-15-16-17-18-24-20-21(23)19-22/h5-10,21-23H,2-4,11-20H2,1H3/b6-5-,8-7+,10-9-/t21-/m0/s1. The van der Waals surface area contributed by atoms with E-state index in [1.54, 1.807) is 0 Å². The molecule has 0 rings (SSSR count). The third-order valence-electron chi connectivity index (χ3n) is 3.76. The molecular weight excluding hydrogens is 300 g/mol. The van der Waals surface area contributed by atoms with E-state index in [1.165, 1.54) is 51.4 Å². The van der Waals surface area contributed by atoms with E-state index >= 15 is 0 Å². The molecule has 0 aliphatic heterocycles. The summed E-state index contributed by atoms with van der Waals surface area (Å²) in [7, 11) is 0. The van der Waals surface area contributed by atoms with Gasteiger partial charge in [-0.3, -0.25) is 0 Å². The number of ether oxygens (including phenoxy) is 1. The van der Waals surface area contributed by atoms with Gasteiger partial charge in [-0.15, -0.1) is 0 Å². The Bertz CT molecular complexity index is 321. The lowest BCUT2D eigenvalue weighted by Crippen LogP contribution is -2.19. The molecule has 0 aromatic carbocycles. The summed E-state index contributed by atoms with van der Waals surface area (Å²) in [4.78, 5) is 0. The molecule has 0 fully saturated rings. The first-order valence-corrected chi connectivity index (χ1v) is 9.66. The zero-order valence-corrected chi connectivity index (χ0v) is 15.5. The number of aliphatic hydroxyl groups excluding tert-OH is 2. The van der Waals surface area contributed by atoms with Crippen LogP contribution in [0.5, 0.6) is 0 Å². The topological polar surface area (TPSA) is 49.7 Å². The third-order valence-corrected chi connectivity index (χ3v) is 3.76. The first-order valence-electron chi connectivity index (χ1n) is 9.66. The van der Waals surface area contributed by atoms with Crippen LogP contribution in [-0.4, -0.2) is 36.1 Å². The molecule has 0 amide bonds. The first-order chi connectivity index (χ1) is 11.8. The van der Waals surface area contributed by atoms with Crippen LogP contribution in [0.1, 0.15) is 71.1 Å². The molecule has 0 spiro atoms. The number of hydrogen-bond acceptors (Lipinski definition) is 3. The summed E-state index contributed by atoms with van der Waals surface area (Å²) in [5, 5.41) is 17.7. The van der Waals surface area contributed by atoms with Crippen molar-refractivity contribution in [3.8, 4) is 0 Å². The molecule has 140 valence electrons. The van der Waals surface area contributed by atoms with Crippen LogP contribution in [0, 0.1) is 0 Å². The molecule has 2 N–H and O–H groups in total. The SMILES string of the molecule is CCCC\C=C/C=C/C=C\CCCCCCCCOC[C@@H](O)CO. The Morgan fingerprint density at radius 2 is 1.38 bits per heavy atom. The highest BCUT2D eigenvalue weighted by Crippen LogP contribution is 2.08. The molecule has 0 unspecified atom stereocenters. The maximum atomic E-state index is 9.10. The predicted molar refractivity (Wildman–Crippen MR) is 103 cm³/mol. The second-order valence-electron chi connectivity index (χ2n) is 6.20. The summed E-state index contributed by atoms with van der Waals surface area (Å²) in [6.45, 7) is 2.92. The lowest BCUT2D eigenvalue weighted by molar-refractivity contribution is 0.00526. The van der Waals surface area contributed by atoms with E-state index in [0.717, 1.165) is 12.8 Å². The van der Waals surface area contributed by atoms with Gasteiger partial charge in [0.25, 0.3) is 0 Å². The number of rotatable bonds is 17. The Hall–Kier alpha value is -0.900. The fraction of sp³-hybridized carbons (Fsp3) is 0.714. The van der Waals surface area contributed by atoms with Crippen molar-refractivity contribution in [1.82, 2.24) is 0 Å². The van der Waals surface area contributed by atoms with Gasteiger partial charge in [0.2, 0.25) is 0 Å². The van der Waals surface area contributed by atoms with Gasteiger partial charge in [-0.25, -0.2) is 0 Å². The summed E-state index contributed by atoms with van der Waals surface area (Å²) < 4.78 is 5.28. The zero-order chi connectivity index (χ0) is 17.7. The van der Waals surface area contributed by atoms with Crippen LogP contribution in [-0.2, 0) is 4.74 Å². The molecular formula is C21H38O3. The second kappa shape index (κ2) is 20.1. The Balaban J connectivity index is 3.23. The van der Waals surface area contributed by atoms with Crippen molar-refractivity contribution in [1.29, 1.82) is 0 Å². The number of hydrogen-bond donors (Lipinski definition) is 2. The minimum absolute atomic E-state index is 0.222. The maximum Gasteiger partial charge on any atom is 0.100 e. The number of allylic oxidation sites excluding steroid dienone is 6. The lowest BCUT2D eigenvalue weighted by Gasteiger charge is -2.07. The summed E-state index contributed by atoms with van der Waals surface area (Å²) >= 11 is 0. The van der Waals surface area contributed by atoms with Gasteiger partial charge in [0.15, 0.2) is 0 Å². The van der Waals surface area contributed by atoms with Gasteiger partial charge in [0, 0.05) is 6.61 Å². The van der Waals surface area contributed by atoms with Crippen molar-refractivity contribution < 1.29 is 14.9 Å². The Kier molecular flexibility index (Phi) is 19.4. The van der Waals surface area contributed by atoms with E-state index in [1.807, 2.05) is 0 Å². The summed E-state index contributed by atoms with van der Waals surface area (Å²) in [6, 6.07) is 0. The molecule has 0 saturated heterocycles. The highest BCUT2D eigenvalue weighted by Gasteiger charge is 2.00. The molecule has 0 aliphatic rings. The fourth-order valence-electron chi connectivity index (χ4n) is 2.25. The normalized spacial score (nSPS) is 13.6. The van der Waals surface area contributed by atoms with E-state index in [-0.39, 0.29) is 13.2 Å². The highest BCUT2D eigenvalue weighted by molar-refractivity contribution is 5.10. The summed E-state index contributed by atoms with van der Waals surface area (Å²) in [5.41, 5.74) is 0. The van der Waals surface area contributed by atoms with Crippen molar-refractivity contribution in [2.45, 2.75) is 77.2 Å².